The number of fused-ring (bicyclic) bond motifs is 1. The number of carbonyl (C=O) groups is 1. The number of aromatic nitrogens is 3. The molecule has 23 heavy (non-hydrogen) atoms. The van der Waals surface area contributed by atoms with E-state index in [0.717, 1.165) is 5.56 Å². The van der Waals surface area contributed by atoms with Crippen LogP contribution < -0.4 is 5.56 Å². The summed E-state index contributed by atoms with van der Waals surface area (Å²) >= 11 is 0. The van der Waals surface area contributed by atoms with Crippen LogP contribution in [0.3, 0.4) is 0 Å². The summed E-state index contributed by atoms with van der Waals surface area (Å²) in [5, 5.41) is 0.531. The minimum absolute atomic E-state index is 0.0677. The first kappa shape index (κ1) is 14.9. The number of hydrogen-bond acceptors (Lipinski definition) is 4. The average molecular weight is 308 g/mol. The summed E-state index contributed by atoms with van der Waals surface area (Å²) < 4.78 is 1.53. The molecular weight excluding hydrogens is 292 g/mol. The highest BCUT2D eigenvalue weighted by molar-refractivity contribution is 5.94. The molecule has 0 fully saturated rings. The molecule has 0 atom stereocenters. The highest BCUT2D eigenvalue weighted by atomic mass is 16.2. The van der Waals surface area contributed by atoms with Gasteiger partial charge in [-0.3, -0.25) is 19.1 Å². The lowest BCUT2D eigenvalue weighted by atomic mass is 10.1. The zero-order chi connectivity index (χ0) is 16.4. The summed E-state index contributed by atoms with van der Waals surface area (Å²) in [6.07, 6.45) is 4.65. The normalized spacial score (nSPS) is 10.7. The van der Waals surface area contributed by atoms with Crippen molar-refractivity contribution in [2.45, 2.75) is 6.54 Å². The molecule has 0 N–H and O–H groups in total. The van der Waals surface area contributed by atoms with Crippen molar-refractivity contribution in [3.63, 3.8) is 0 Å². The topological polar surface area (TPSA) is 68.1 Å². The number of rotatable bonds is 3. The van der Waals surface area contributed by atoms with Gasteiger partial charge in [0.2, 0.25) is 0 Å². The smallest absolute Gasteiger partial charge is 0.261 e. The Labute approximate surface area is 133 Å². The van der Waals surface area contributed by atoms with Crippen molar-refractivity contribution in [3.8, 4) is 0 Å². The van der Waals surface area contributed by atoms with Crippen molar-refractivity contribution in [3.05, 3.63) is 70.5 Å². The highest BCUT2D eigenvalue weighted by Crippen LogP contribution is 2.09. The molecule has 6 heteroatoms. The van der Waals surface area contributed by atoms with E-state index in [0.29, 0.717) is 23.0 Å². The van der Waals surface area contributed by atoms with E-state index in [1.807, 2.05) is 12.1 Å². The van der Waals surface area contributed by atoms with Gasteiger partial charge in [0.15, 0.2) is 0 Å². The summed E-state index contributed by atoms with van der Waals surface area (Å²) in [5.74, 6) is -0.0677. The van der Waals surface area contributed by atoms with Crippen molar-refractivity contribution < 1.29 is 4.79 Å². The van der Waals surface area contributed by atoms with E-state index in [1.165, 1.54) is 15.8 Å². The first-order valence-electron chi connectivity index (χ1n) is 7.16. The fraction of sp³-hybridized carbons (Fsp3) is 0.176. The Bertz CT molecular complexity index is 931. The Morgan fingerprint density at radius 2 is 2.09 bits per heavy atom. The number of benzene rings is 1. The number of nitrogens with zero attached hydrogens (tertiary/aromatic N) is 4. The van der Waals surface area contributed by atoms with E-state index in [-0.39, 0.29) is 11.5 Å². The second kappa shape index (κ2) is 6.00. The summed E-state index contributed by atoms with van der Waals surface area (Å²) in [7, 11) is 3.42. The molecule has 3 aromatic rings. The summed E-state index contributed by atoms with van der Waals surface area (Å²) in [4.78, 5) is 34.2. The Kier molecular flexibility index (Phi) is 3.89. The summed E-state index contributed by atoms with van der Waals surface area (Å²) in [5.41, 5.74) is 1.92. The first-order valence-corrected chi connectivity index (χ1v) is 7.16. The molecule has 0 bridgehead atoms. The zero-order valence-electron chi connectivity index (χ0n) is 12.9. The van der Waals surface area contributed by atoms with Crippen LogP contribution in [0.25, 0.3) is 10.9 Å². The number of pyridine rings is 1. The van der Waals surface area contributed by atoms with Crippen LogP contribution in [0, 0.1) is 0 Å². The second-order valence-electron chi connectivity index (χ2n) is 5.47. The van der Waals surface area contributed by atoms with Gasteiger partial charge in [-0.1, -0.05) is 12.1 Å². The van der Waals surface area contributed by atoms with Gasteiger partial charge in [0.25, 0.3) is 11.5 Å². The van der Waals surface area contributed by atoms with Crippen LogP contribution in [-0.4, -0.2) is 39.4 Å². The number of amides is 1. The van der Waals surface area contributed by atoms with Crippen LogP contribution >= 0.6 is 0 Å². The summed E-state index contributed by atoms with van der Waals surface area (Å²) in [6, 6.07) is 8.92. The lowest BCUT2D eigenvalue weighted by molar-refractivity contribution is 0.0827. The monoisotopic (exact) mass is 308 g/mol. The Morgan fingerprint density at radius 3 is 2.87 bits per heavy atom. The number of hydrogen-bond donors (Lipinski definition) is 0. The largest absolute Gasteiger partial charge is 0.345 e. The molecule has 0 saturated heterocycles. The van der Waals surface area contributed by atoms with Gasteiger partial charge in [-0.05, 0) is 23.8 Å². The van der Waals surface area contributed by atoms with Gasteiger partial charge in [-0.15, -0.1) is 0 Å². The van der Waals surface area contributed by atoms with Gasteiger partial charge < -0.3 is 4.90 Å². The van der Waals surface area contributed by atoms with Crippen molar-refractivity contribution in [1.82, 2.24) is 19.4 Å². The molecule has 3 rings (SSSR count). The zero-order valence-corrected chi connectivity index (χ0v) is 12.9. The molecule has 2 aromatic heterocycles. The third kappa shape index (κ3) is 2.96. The van der Waals surface area contributed by atoms with E-state index >= 15 is 0 Å². The highest BCUT2D eigenvalue weighted by Gasteiger charge is 2.09. The molecule has 116 valence electrons. The average Bonchev–Trinajstić information content (AvgIpc) is 2.57. The molecule has 2 heterocycles. The van der Waals surface area contributed by atoms with Gasteiger partial charge in [0.1, 0.15) is 0 Å². The van der Waals surface area contributed by atoms with Crippen LogP contribution in [0.2, 0.25) is 0 Å². The van der Waals surface area contributed by atoms with E-state index < -0.39 is 0 Å². The minimum Gasteiger partial charge on any atom is -0.345 e. The number of carbonyl (C=O) groups excluding carboxylic acids is 1. The van der Waals surface area contributed by atoms with Gasteiger partial charge in [0, 0.05) is 25.9 Å². The van der Waals surface area contributed by atoms with E-state index in [9.17, 15) is 9.59 Å². The molecule has 0 aliphatic carbocycles. The van der Waals surface area contributed by atoms with E-state index in [4.69, 9.17) is 0 Å². The third-order valence-corrected chi connectivity index (χ3v) is 3.56. The van der Waals surface area contributed by atoms with Crippen LogP contribution in [0.1, 0.15) is 15.9 Å². The maximum atomic E-state index is 12.5. The molecule has 0 unspecified atom stereocenters. The molecular formula is C17H16N4O2. The Morgan fingerprint density at radius 1 is 1.26 bits per heavy atom. The van der Waals surface area contributed by atoms with Crippen LogP contribution in [0.15, 0.2) is 53.8 Å². The fourth-order valence-corrected chi connectivity index (χ4v) is 2.38. The second-order valence-corrected chi connectivity index (χ2v) is 5.47. The van der Waals surface area contributed by atoms with Crippen molar-refractivity contribution in [2.75, 3.05) is 14.1 Å². The molecule has 0 aliphatic heterocycles. The SMILES string of the molecule is CN(C)C(=O)c1cccc(Cn2cnc3cnccc3c2=O)c1. The van der Waals surface area contributed by atoms with Gasteiger partial charge in [-0.25, -0.2) is 4.98 Å². The predicted octanol–water partition coefficient (Wildman–Crippen LogP) is 1.54. The van der Waals surface area contributed by atoms with Crippen LogP contribution in [0.4, 0.5) is 0 Å². The van der Waals surface area contributed by atoms with E-state index in [2.05, 4.69) is 9.97 Å². The molecule has 1 amide bonds. The molecule has 6 nitrogen and oxygen atoms in total. The molecule has 0 aliphatic rings. The molecule has 0 saturated carbocycles. The van der Waals surface area contributed by atoms with Crippen molar-refractivity contribution in [2.24, 2.45) is 0 Å². The molecule has 0 spiro atoms. The predicted molar refractivity (Wildman–Crippen MR) is 87.4 cm³/mol. The standard InChI is InChI=1S/C17H16N4O2/c1-20(2)16(22)13-5-3-4-12(8-13)10-21-11-19-15-9-18-7-6-14(15)17(21)23/h3-9,11H,10H2,1-2H3. The van der Waals surface area contributed by atoms with Crippen molar-refractivity contribution >= 4 is 16.8 Å². The van der Waals surface area contributed by atoms with E-state index in [1.54, 1.807) is 44.7 Å². The lowest BCUT2D eigenvalue weighted by Gasteiger charge is -2.12. The third-order valence-electron chi connectivity index (χ3n) is 3.56. The van der Waals surface area contributed by atoms with Gasteiger partial charge in [0.05, 0.1) is 30.0 Å². The Hall–Kier alpha value is -3.02. The quantitative estimate of drug-likeness (QED) is 0.736. The first-order chi connectivity index (χ1) is 11.1. The molecule has 0 radical (unpaired) electrons. The molecule has 1 aromatic carbocycles. The Balaban J connectivity index is 1.97. The maximum absolute atomic E-state index is 12.5. The van der Waals surface area contributed by atoms with Gasteiger partial charge >= 0.3 is 0 Å². The van der Waals surface area contributed by atoms with Gasteiger partial charge in [-0.2, -0.15) is 0 Å². The summed E-state index contributed by atoms with van der Waals surface area (Å²) in [6.45, 7) is 0.360. The van der Waals surface area contributed by atoms with Crippen LogP contribution in [-0.2, 0) is 6.54 Å². The van der Waals surface area contributed by atoms with Crippen molar-refractivity contribution in [1.29, 1.82) is 0 Å². The maximum Gasteiger partial charge on any atom is 0.261 e. The fourth-order valence-electron chi connectivity index (χ4n) is 2.38. The minimum atomic E-state index is -0.123. The van der Waals surface area contributed by atoms with Crippen LogP contribution in [0.5, 0.6) is 0 Å². The lowest BCUT2D eigenvalue weighted by Crippen LogP contribution is -2.23.